The Morgan fingerprint density at radius 2 is 1.95 bits per heavy atom. The molecular weight excluding hydrogens is 292 g/mol. The molecule has 1 amide bonds. The van der Waals surface area contributed by atoms with E-state index in [-0.39, 0.29) is 24.4 Å². The Hall–Kier alpha value is -1.46. The molecule has 1 heterocycles. The van der Waals surface area contributed by atoms with Gasteiger partial charge in [-0.05, 0) is 31.0 Å². The molecule has 0 spiro atoms. The summed E-state index contributed by atoms with van der Waals surface area (Å²) in [7, 11) is 3.22. The van der Waals surface area contributed by atoms with Crippen LogP contribution in [0.3, 0.4) is 0 Å². The first kappa shape index (κ1) is 17.6. The van der Waals surface area contributed by atoms with Crippen molar-refractivity contribution in [2.45, 2.75) is 25.3 Å². The van der Waals surface area contributed by atoms with Gasteiger partial charge in [0.25, 0.3) is 0 Å². The lowest BCUT2D eigenvalue weighted by molar-refractivity contribution is -0.131. The molecule has 0 aromatic heterocycles. The van der Waals surface area contributed by atoms with Gasteiger partial charge >= 0.3 is 0 Å². The Balaban J connectivity index is 0.00000220. The number of nitrogens with zero attached hydrogens (tertiary/aromatic N) is 1. The standard InChI is InChI=1S/C15H22N2O3.ClH/c1-19-13-3-4-14(20-2)11(9-13)10-15(18)17-7-5-12(16)6-8-17;/h3-4,9,12H,5-8,10,16H2,1-2H3;1H. The van der Waals surface area contributed by atoms with E-state index in [2.05, 4.69) is 0 Å². The van der Waals surface area contributed by atoms with Crippen molar-refractivity contribution in [2.75, 3.05) is 27.3 Å². The van der Waals surface area contributed by atoms with Crippen LogP contribution >= 0.6 is 12.4 Å². The van der Waals surface area contributed by atoms with E-state index in [1.54, 1.807) is 14.2 Å². The van der Waals surface area contributed by atoms with Gasteiger partial charge in [-0.15, -0.1) is 12.4 Å². The van der Waals surface area contributed by atoms with Crippen LogP contribution in [0.4, 0.5) is 0 Å². The zero-order valence-electron chi connectivity index (χ0n) is 12.5. The van der Waals surface area contributed by atoms with Crippen molar-refractivity contribution in [3.8, 4) is 11.5 Å². The van der Waals surface area contributed by atoms with Crippen LogP contribution in [0.1, 0.15) is 18.4 Å². The van der Waals surface area contributed by atoms with Gasteiger partial charge < -0.3 is 20.1 Å². The van der Waals surface area contributed by atoms with Crippen LogP contribution in [0.5, 0.6) is 11.5 Å². The lowest BCUT2D eigenvalue weighted by Gasteiger charge is -2.30. The van der Waals surface area contributed by atoms with Gasteiger partial charge in [0.2, 0.25) is 5.91 Å². The number of benzene rings is 1. The first-order chi connectivity index (χ1) is 9.63. The van der Waals surface area contributed by atoms with Gasteiger partial charge in [-0.1, -0.05) is 0 Å². The number of halogens is 1. The summed E-state index contributed by atoms with van der Waals surface area (Å²) >= 11 is 0. The molecule has 1 aliphatic heterocycles. The Labute approximate surface area is 131 Å². The summed E-state index contributed by atoms with van der Waals surface area (Å²) in [6.07, 6.45) is 2.08. The maximum atomic E-state index is 12.3. The van der Waals surface area contributed by atoms with Crippen LogP contribution < -0.4 is 15.2 Å². The van der Waals surface area contributed by atoms with Crippen molar-refractivity contribution in [3.05, 3.63) is 23.8 Å². The van der Waals surface area contributed by atoms with Crippen molar-refractivity contribution < 1.29 is 14.3 Å². The molecule has 2 rings (SSSR count). The number of ether oxygens (including phenoxy) is 2. The molecular formula is C15H23ClN2O3. The number of nitrogens with two attached hydrogens (primary N) is 1. The topological polar surface area (TPSA) is 64.8 Å². The number of amides is 1. The largest absolute Gasteiger partial charge is 0.497 e. The van der Waals surface area contributed by atoms with Crippen molar-refractivity contribution >= 4 is 18.3 Å². The predicted octanol–water partition coefficient (Wildman–Crippen LogP) is 1.62. The zero-order chi connectivity index (χ0) is 14.5. The van der Waals surface area contributed by atoms with E-state index in [9.17, 15) is 4.79 Å². The predicted molar refractivity (Wildman–Crippen MR) is 84.3 cm³/mol. The molecule has 6 heteroatoms. The molecule has 0 bridgehead atoms. The minimum Gasteiger partial charge on any atom is -0.497 e. The molecule has 2 N–H and O–H groups in total. The molecule has 0 unspecified atom stereocenters. The summed E-state index contributed by atoms with van der Waals surface area (Å²) in [5.41, 5.74) is 6.71. The third-order valence-corrected chi connectivity index (χ3v) is 3.72. The average molecular weight is 315 g/mol. The van der Waals surface area contributed by atoms with Crippen LogP contribution in [0.15, 0.2) is 18.2 Å². The van der Waals surface area contributed by atoms with Crippen molar-refractivity contribution in [1.82, 2.24) is 4.90 Å². The first-order valence-corrected chi connectivity index (χ1v) is 6.88. The summed E-state index contributed by atoms with van der Waals surface area (Å²) in [6.45, 7) is 1.48. The molecule has 118 valence electrons. The number of hydrogen-bond donors (Lipinski definition) is 1. The number of piperidine rings is 1. The lowest BCUT2D eigenvalue weighted by atomic mass is 10.0. The third kappa shape index (κ3) is 4.51. The van der Waals surface area contributed by atoms with E-state index in [4.69, 9.17) is 15.2 Å². The van der Waals surface area contributed by atoms with Crippen LogP contribution in [0.25, 0.3) is 0 Å². The van der Waals surface area contributed by atoms with Gasteiger partial charge in [0.1, 0.15) is 11.5 Å². The number of carbonyl (C=O) groups is 1. The van der Waals surface area contributed by atoms with E-state index >= 15 is 0 Å². The van der Waals surface area contributed by atoms with Gasteiger partial charge in [0.05, 0.1) is 20.6 Å². The number of hydrogen-bond acceptors (Lipinski definition) is 4. The molecule has 1 aromatic rings. The van der Waals surface area contributed by atoms with Crippen LogP contribution in [0, 0.1) is 0 Å². The number of likely N-dealkylation sites (tertiary alicyclic amines) is 1. The SMILES string of the molecule is COc1ccc(OC)c(CC(=O)N2CCC(N)CC2)c1.Cl. The fourth-order valence-corrected chi connectivity index (χ4v) is 2.44. The molecule has 0 radical (unpaired) electrons. The number of rotatable bonds is 4. The summed E-state index contributed by atoms with van der Waals surface area (Å²) in [5, 5.41) is 0. The van der Waals surface area contributed by atoms with Gasteiger partial charge in [-0.3, -0.25) is 4.79 Å². The summed E-state index contributed by atoms with van der Waals surface area (Å²) in [4.78, 5) is 14.2. The number of carbonyl (C=O) groups excluding carboxylic acids is 1. The summed E-state index contributed by atoms with van der Waals surface area (Å²) in [6, 6.07) is 5.73. The van der Waals surface area contributed by atoms with Gasteiger partial charge in [0, 0.05) is 24.7 Å². The number of methoxy groups -OCH3 is 2. The highest BCUT2D eigenvalue weighted by Gasteiger charge is 2.21. The molecule has 1 saturated heterocycles. The highest BCUT2D eigenvalue weighted by molar-refractivity contribution is 5.85. The normalized spacial score (nSPS) is 15.3. The van der Waals surface area contributed by atoms with E-state index in [0.29, 0.717) is 12.2 Å². The quantitative estimate of drug-likeness (QED) is 0.917. The smallest absolute Gasteiger partial charge is 0.227 e. The van der Waals surface area contributed by atoms with Crippen molar-refractivity contribution in [1.29, 1.82) is 0 Å². The second kappa shape index (κ2) is 8.10. The Bertz CT molecular complexity index is 474. The maximum absolute atomic E-state index is 12.3. The summed E-state index contributed by atoms with van der Waals surface area (Å²) < 4.78 is 10.5. The van der Waals surface area contributed by atoms with Crippen LogP contribution in [-0.4, -0.2) is 44.2 Å². The minimum absolute atomic E-state index is 0. The van der Waals surface area contributed by atoms with Gasteiger partial charge in [-0.2, -0.15) is 0 Å². The highest BCUT2D eigenvalue weighted by Crippen LogP contribution is 2.25. The highest BCUT2D eigenvalue weighted by atomic mass is 35.5. The molecule has 1 aliphatic rings. The second-order valence-corrected chi connectivity index (χ2v) is 5.07. The third-order valence-electron chi connectivity index (χ3n) is 3.72. The summed E-state index contributed by atoms with van der Waals surface area (Å²) in [5.74, 6) is 1.56. The Kier molecular flexibility index (Phi) is 6.78. The fourth-order valence-electron chi connectivity index (χ4n) is 2.44. The van der Waals surface area contributed by atoms with Crippen LogP contribution in [0.2, 0.25) is 0 Å². The molecule has 0 atom stereocenters. The van der Waals surface area contributed by atoms with E-state index in [1.165, 1.54) is 0 Å². The molecule has 0 aliphatic carbocycles. The van der Waals surface area contributed by atoms with Gasteiger partial charge in [-0.25, -0.2) is 0 Å². The second-order valence-electron chi connectivity index (χ2n) is 5.07. The Morgan fingerprint density at radius 3 is 2.52 bits per heavy atom. The fraction of sp³-hybridized carbons (Fsp3) is 0.533. The molecule has 5 nitrogen and oxygen atoms in total. The van der Waals surface area contributed by atoms with Crippen molar-refractivity contribution in [2.24, 2.45) is 5.73 Å². The molecule has 21 heavy (non-hydrogen) atoms. The first-order valence-electron chi connectivity index (χ1n) is 6.88. The Morgan fingerprint density at radius 1 is 1.29 bits per heavy atom. The van der Waals surface area contributed by atoms with Crippen molar-refractivity contribution in [3.63, 3.8) is 0 Å². The van der Waals surface area contributed by atoms with E-state index in [1.807, 2.05) is 23.1 Å². The van der Waals surface area contributed by atoms with Gasteiger partial charge in [0.15, 0.2) is 0 Å². The molecule has 1 fully saturated rings. The molecule has 0 saturated carbocycles. The molecule has 1 aromatic carbocycles. The lowest BCUT2D eigenvalue weighted by Crippen LogP contribution is -2.43. The zero-order valence-corrected chi connectivity index (χ0v) is 13.3. The van der Waals surface area contributed by atoms with E-state index in [0.717, 1.165) is 37.2 Å². The average Bonchev–Trinajstić information content (AvgIpc) is 2.47. The maximum Gasteiger partial charge on any atom is 0.227 e. The van der Waals surface area contributed by atoms with E-state index < -0.39 is 0 Å². The minimum atomic E-state index is 0. The van der Waals surface area contributed by atoms with Crippen LogP contribution in [-0.2, 0) is 11.2 Å². The monoisotopic (exact) mass is 314 g/mol.